The molecule has 1 heterocycles. The quantitative estimate of drug-likeness (QED) is 0.903. The molecule has 1 aromatic carbocycles. The van der Waals surface area contributed by atoms with Crippen LogP contribution in [0, 0.1) is 5.92 Å². The monoisotopic (exact) mass is 330 g/mol. The Morgan fingerprint density at radius 3 is 2.42 bits per heavy atom. The summed E-state index contributed by atoms with van der Waals surface area (Å²) in [7, 11) is 0. The highest BCUT2D eigenvalue weighted by molar-refractivity contribution is 5.84. The highest BCUT2D eigenvalue weighted by atomic mass is 16.6. The maximum atomic E-state index is 12.8. The maximum absolute atomic E-state index is 12.8. The molecule has 1 saturated carbocycles. The summed E-state index contributed by atoms with van der Waals surface area (Å²) in [6, 6.07) is 10.2. The maximum Gasteiger partial charge on any atom is 0.409 e. The van der Waals surface area contributed by atoms with Crippen LogP contribution in [0.2, 0.25) is 0 Å². The lowest BCUT2D eigenvalue weighted by Crippen LogP contribution is -2.47. The topological polar surface area (TPSA) is 58.6 Å². The van der Waals surface area contributed by atoms with E-state index in [-0.39, 0.29) is 24.0 Å². The van der Waals surface area contributed by atoms with Crippen LogP contribution >= 0.6 is 0 Å². The van der Waals surface area contributed by atoms with Gasteiger partial charge in [-0.2, -0.15) is 0 Å². The van der Waals surface area contributed by atoms with Crippen LogP contribution in [0.3, 0.4) is 0 Å². The highest BCUT2D eigenvalue weighted by Gasteiger charge is 2.38. The number of nitrogens with zero attached hydrogens (tertiary/aromatic N) is 1. The third-order valence-corrected chi connectivity index (χ3v) is 4.90. The first kappa shape index (κ1) is 16.8. The normalized spacial score (nSPS) is 19.6. The van der Waals surface area contributed by atoms with E-state index in [0.29, 0.717) is 25.6 Å². The molecule has 1 aliphatic heterocycles. The van der Waals surface area contributed by atoms with Gasteiger partial charge in [-0.3, -0.25) is 4.79 Å². The third-order valence-electron chi connectivity index (χ3n) is 4.90. The molecule has 0 radical (unpaired) electrons. The van der Waals surface area contributed by atoms with Gasteiger partial charge in [-0.1, -0.05) is 30.3 Å². The molecule has 130 valence electrons. The first-order valence-electron chi connectivity index (χ1n) is 8.96. The van der Waals surface area contributed by atoms with E-state index in [2.05, 4.69) is 5.32 Å². The van der Waals surface area contributed by atoms with E-state index in [1.165, 1.54) is 0 Å². The molecular formula is C19H26N2O3. The Bertz CT molecular complexity index is 563. The van der Waals surface area contributed by atoms with Crippen molar-refractivity contribution < 1.29 is 14.3 Å². The van der Waals surface area contributed by atoms with Crippen molar-refractivity contribution in [2.24, 2.45) is 5.92 Å². The van der Waals surface area contributed by atoms with Gasteiger partial charge in [-0.15, -0.1) is 0 Å². The molecule has 1 aromatic rings. The Morgan fingerprint density at radius 1 is 1.17 bits per heavy atom. The molecule has 2 amide bonds. The van der Waals surface area contributed by atoms with Gasteiger partial charge in [0.05, 0.1) is 12.5 Å². The van der Waals surface area contributed by atoms with Crippen LogP contribution < -0.4 is 5.32 Å². The number of ether oxygens (including phenoxy) is 1. The van der Waals surface area contributed by atoms with Crippen molar-refractivity contribution in [2.75, 3.05) is 19.7 Å². The number of benzene rings is 1. The first-order valence-corrected chi connectivity index (χ1v) is 8.96. The molecule has 1 aliphatic carbocycles. The van der Waals surface area contributed by atoms with E-state index >= 15 is 0 Å². The summed E-state index contributed by atoms with van der Waals surface area (Å²) in [6.45, 7) is 3.49. The number of nitrogens with one attached hydrogen (secondary N) is 1. The average Bonchev–Trinajstić information content (AvgIpc) is 3.42. The smallest absolute Gasteiger partial charge is 0.409 e. The molecular weight excluding hydrogens is 304 g/mol. The summed E-state index contributed by atoms with van der Waals surface area (Å²) in [5.74, 6) is 0.583. The Labute approximate surface area is 143 Å². The fourth-order valence-electron chi connectivity index (χ4n) is 3.44. The summed E-state index contributed by atoms with van der Waals surface area (Å²) >= 11 is 0. The van der Waals surface area contributed by atoms with E-state index in [0.717, 1.165) is 31.2 Å². The summed E-state index contributed by atoms with van der Waals surface area (Å²) in [6.07, 6.45) is 3.60. The predicted molar refractivity (Wildman–Crippen MR) is 91.7 cm³/mol. The van der Waals surface area contributed by atoms with Crippen LogP contribution in [0.1, 0.15) is 44.1 Å². The molecule has 0 aromatic heterocycles. The SMILES string of the molecule is CCOC(=O)N1CCC(NC(=O)C(c2ccccc2)C2CC2)CC1. The fourth-order valence-corrected chi connectivity index (χ4v) is 3.44. The number of piperidine rings is 1. The molecule has 5 heteroatoms. The summed E-state index contributed by atoms with van der Waals surface area (Å²) < 4.78 is 5.03. The van der Waals surface area contributed by atoms with Gasteiger partial charge in [0.15, 0.2) is 0 Å². The Balaban J connectivity index is 1.54. The zero-order valence-corrected chi connectivity index (χ0v) is 14.2. The number of hydrogen-bond donors (Lipinski definition) is 1. The number of amides is 2. The van der Waals surface area contributed by atoms with Crippen LogP contribution in [0.5, 0.6) is 0 Å². The molecule has 1 unspecified atom stereocenters. The number of carbonyl (C=O) groups excluding carboxylic acids is 2. The van der Waals surface area contributed by atoms with E-state index < -0.39 is 0 Å². The zero-order valence-electron chi connectivity index (χ0n) is 14.2. The minimum Gasteiger partial charge on any atom is -0.450 e. The van der Waals surface area contributed by atoms with Crippen molar-refractivity contribution in [3.8, 4) is 0 Å². The summed E-state index contributed by atoms with van der Waals surface area (Å²) in [4.78, 5) is 26.3. The van der Waals surface area contributed by atoms with E-state index in [1.54, 1.807) is 4.90 Å². The molecule has 3 rings (SSSR count). The van der Waals surface area contributed by atoms with Crippen LogP contribution in [-0.4, -0.2) is 42.6 Å². The molecule has 1 N–H and O–H groups in total. The summed E-state index contributed by atoms with van der Waals surface area (Å²) in [5.41, 5.74) is 1.11. The molecule has 0 bridgehead atoms. The standard InChI is InChI=1S/C19H26N2O3/c1-2-24-19(23)21-12-10-16(11-13-21)20-18(22)17(15-8-9-15)14-6-4-3-5-7-14/h3-7,15-17H,2,8-13H2,1H3,(H,20,22). The lowest BCUT2D eigenvalue weighted by Gasteiger charge is -2.32. The lowest BCUT2D eigenvalue weighted by atomic mass is 9.92. The van der Waals surface area contributed by atoms with Gasteiger partial charge in [-0.25, -0.2) is 4.79 Å². The lowest BCUT2D eigenvalue weighted by molar-refractivity contribution is -0.124. The minimum absolute atomic E-state index is 0.0331. The molecule has 2 fully saturated rings. The van der Waals surface area contributed by atoms with E-state index in [9.17, 15) is 9.59 Å². The van der Waals surface area contributed by atoms with Crippen LogP contribution in [0.4, 0.5) is 4.79 Å². The van der Waals surface area contributed by atoms with Gasteiger partial charge < -0.3 is 15.0 Å². The zero-order chi connectivity index (χ0) is 16.9. The van der Waals surface area contributed by atoms with Crippen molar-refractivity contribution >= 4 is 12.0 Å². The molecule has 24 heavy (non-hydrogen) atoms. The van der Waals surface area contributed by atoms with Gasteiger partial charge in [0.25, 0.3) is 0 Å². The number of rotatable bonds is 5. The second-order valence-corrected chi connectivity index (χ2v) is 6.69. The van der Waals surface area contributed by atoms with Crippen molar-refractivity contribution in [3.63, 3.8) is 0 Å². The van der Waals surface area contributed by atoms with Gasteiger partial charge in [-0.05, 0) is 44.1 Å². The third kappa shape index (κ3) is 4.08. The molecule has 0 spiro atoms. The Hall–Kier alpha value is -2.04. The Kier molecular flexibility index (Phi) is 5.38. The first-order chi connectivity index (χ1) is 11.7. The average molecular weight is 330 g/mol. The Morgan fingerprint density at radius 2 is 1.83 bits per heavy atom. The second-order valence-electron chi connectivity index (χ2n) is 6.69. The molecule has 5 nitrogen and oxygen atoms in total. The van der Waals surface area contributed by atoms with Crippen molar-refractivity contribution in [2.45, 2.75) is 44.6 Å². The van der Waals surface area contributed by atoms with Crippen molar-refractivity contribution in [3.05, 3.63) is 35.9 Å². The highest BCUT2D eigenvalue weighted by Crippen LogP contribution is 2.42. The largest absolute Gasteiger partial charge is 0.450 e. The predicted octanol–water partition coefficient (Wildman–Crippen LogP) is 2.92. The van der Waals surface area contributed by atoms with Gasteiger partial charge in [0.2, 0.25) is 5.91 Å². The minimum atomic E-state index is -0.248. The molecule has 2 aliphatic rings. The number of carbonyl (C=O) groups is 2. The van der Waals surface area contributed by atoms with Gasteiger partial charge in [0, 0.05) is 19.1 Å². The van der Waals surface area contributed by atoms with Crippen LogP contribution in [0.15, 0.2) is 30.3 Å². The number of hydrogen-bond acceptors (Lipinski definition) is 3. The summed E-state index contributed by atoms with van der Waals surface area (Å²) in [5, 5.41) is 3.21. The molecule has 1 atom stereocenters. The number of likely N-dealkylation sites (tertiary alicyclic amines) is 1. The van der Waals surface area contributed by atoms with E-state index in [1.807, 2.05) is 37.3 Å². The van der Waals surface area contributed by atoms with Crippen LogP contribution in [-0.2, 0) is 9.53 Å². The van der Waals surface area contributed by atoms with Crippen molar-refractivity contribution in [1.29, 1.82) is 0 Å². The van der Waals surface area contributed by atoms with E-state index in [4.69, 9.17) is 4.74 Å². The fraction of sp³-hybridized carbons (Fsp3) is 0.579. The van der Waals surface area contributed by atoms with Gasteiger partial charge in [0.1, 0.15) is 0 Å². The van der Waals surface area contributed by atoms with Crippen LogP contribution in [0.25, 0.3) is 0 Å². The molecule has 1 saturated heterocycles. The van der Waals surface area contributed by atoms with Crippen molar-refractivity contribution in [1.82, 2.24) is 10.2 Å². The second kappa shape index (κ2) is 7.69. The van der Waals surface area contributed by atoms with Gasteiger partial charge >= 0.3 is 6.09 Å².